The maximum absolute atomic E-state index is 6.29. The first-order valence-electron chi connectivity index (χ1n) is 8.45. The molecule has 1 spiro atoms. The maximum Gasteiger partial charge on any atom is 0.177 e. The fraction of sp³-hybridized carbons (Fsp3) is 0.389. The molecule has 1 aliphatic carbocycles. The van der Waals surface area contributed by atoms with Gasteiger partial charge in [-0.1, -0.05) is 29.8 Å². The van der Waals surface area contributed by atoms with Gasteiger partial charge in [-0.15, -0.1) is 0 Å². The second-order valence-corrected chi connectivity index (χ2v) is 7.37. The van der Waals surface area contributed by atoms with Crippen molar-refractivity contribution in [1.29, 1.82) is 0 Å². The lowest BCUT2D eigenvalue weighted by Gasteiger charge is -2.32. The number of aromatic nitrogens is 4. The normalized spacial score (nSPS) is 19.1. The summed E-state index contributed by atoms with van der Waals surface area (Å²) in [6.07, 6.45) is 7.24. The predicted octanol–water partition coefficient (Wildman–Crippen LogP) is 4.05. The summed E-state index contributed by atoms with van der Waals surface area (Å²) >= 11 is 6.29. The molecule has 1 aliphatic heterocycles. The molecule has 5 rings (SSSR count). The van der Waals surface area contributed by atoms with Gasteiger partial charge in [0, 0.05) is 18.7 Å². The minimum absolute atomic E-state index is 0.666. The number of nitrogens with zero attached hydrogens (tertiary/aromatic N) is 4. The zero-order valence-electron chi connectivity index (χ0n) is 13.3. The number of fused-ring (bicyclic) bond motifs is 1. The number of aromatic amines is 1. The standard InChI is InChI=1S/C18H18ClN5/c19-13-4-2-1-3-12(13)15-16-17(23-22-15)21-14(11-20-16)24-9-7-18(5-6-18)8-10-24/h1-4,11H,5-10H2,(H,21,22,23). The second kappa shape index (κ2) is 5.18. The third-order valence-corrected chi connectivity index (χ3v) is 5.82. The molecule has 1 saturated heterocycles. The van der Waals surface area contributed by atoms with Crippen LogP contribution in [0.2, 0.25) is 5.02 Å². The number of hydrogen-bond acceptors (Lipinski definition) is 4. The van der Waals surface area contributed by atoms with Crippen molar-refractivity contribution in [2.45, 2.75) is 25.7 Å². The quantitative estimate of drug-likeness (QED) is 0.765. The Hall–Kier alpha value is -2.14. The van der Waals surface area contributed by atoms with E-state index in [1.807, 2.05) is 30.5 Å². The van der Waals surface area contributed by atoms with Crippen molar-refractivity contribution >= 4 is 28.6 Å². The molecule has 0 atom stereocenters. The van der Waals surface area contributed by atoms with E-state index in [-0.39, 0.29) is 0 Å². The van der Waals surface area contributed by atoms with E-state index < -0.39 is 0 Å². The molecule has 2 aliphatic rings. The summed E-state index contributed by atoms with van der Waals surface area (Å²) in [7, 11) is 0. The van der Waals surface area contributed by atoms with E-state index in [1.165, 1.54) is 25.7 Å². The Bertz CT molecular complexity index is 905. The Balaban J connectivity index is 1.48. The molecule has 6 heteroatoms. The average molecular weight is 340 g/mol. The van der Waals surface area contributed by atoms with E-state index in [0.29, 0.717) is 16.1 Å². The van der Waals surface area contributed by atoms with Gasteiger partial charge in [-0.05, 0) is 37.2 Å². The summed E-state index contributed by atoms with van der Waals surface area (Å²) in [6.45, 7) is 2.15. The van der Waals surface area contributed by atoms with Crippen molar-refractivity contribution in [1.82, 2.24) is 20.2 Å². The molecule has 3 aromatic rings. The molecule has 5 nitrogen and oxygen atoms in total. The molecule has 2 fully saturated rings. The monoisotopic (exact) mass is 339 g/mol. The van der Waals surface area contributed by atoms with Crippen molar-refractivity contribution in [3.63, 3.8) is 0 Å². The van der Waals surface area contributed by atoms with Crippen LogP contribution in [0.5, 0.6) is 0 Å². The lowest BCUT2D eigenvalue weighted by atomic mass is 9.94. The van der Waals surface area contributed by atoms with Crippen LogP contribution in [-0.4, -0.2) is 33.3 Å². The molecule has 3 heterocycles. The van der Waals surface area contributed by atoms with Gasteiger partial charge in [-0.2, -0.15) is 5.10 Å². The van der Waals surface area contributed by atoms with E-state index >= 15 is 0 Å². The third-order valence-electron chi connectivity index (χ3n) is 5.49. The Morgan fingerprint density at radius 3 is 2.62 bits per heavy atom. The largest absolute Gasteiger partial charge is 0.355 e. The SMILES string of the molecule is Clc1ccccc1-c1n[nH]c2nc(N3CCC4(CC3)CC4)cnc12. The topological polar surface area (TPSA) is 57.7 Å². The van der Waals surface area contributed by atoms with Gasteiger partial charge in [0.2, 0.25) is 0 Å². The molecule has 1 N–H and O–H groups in total. The van der Waals surface area contributed by atoms with Gasteiger partial charge in [-0.25, -0.2) is 9.97 Å². The zero-order valence-corrected chi connectivity index (χ0v) is 14.1. The first-order chi connectivity index (χ1) is 11.7. The van der Waals surface area contributed by atoms with Gasteiger partial charge in [0.15, 0.2) is 5.65 Å². The number of hydrogen-bond donors (Lipinski definition) is 1. The molecule has 0 amide bonds. The number of rotatable bonds is 2. The van der Waals surface area contributed by atoms with E-state index in [0.717, 1.165) is 35.7 Å². The molecule has 0 radical (unpaired) electrons. The smallest absolute Gasteiger partial charge is 0.177 e. The summed E-state index contributed by atoms with van der Waals surface area (Å²) < 4.78 is 0. The van der Waals surface area contributed by atoms with Gasteiger partial charge in [0.1, 0.15) is 17.0 Å². The van der Waals surface area contributed by atoms with Crippen molar-refractivity contribution in [2.75, 3.05) is 18.0 Å². The Morgan fingerprint density at radius 2 is 1.88 bits per heavy atom. The minimum Gasteiger partial charge on any atom is -0.355 e. The lowest BCUT2D eigenvalue weighted by Crippen LogP contribution is -2.35. The van der Waals surface area contributed by atoms with Crippen LogP contribution in [0, 0.1) is 5.41 Å². The number of anilines is 1. The Kier molecular flexibility index (Phi) is 3.07. The third kappa shape index (κ3) is 2.26. The van der Waals surface area contributed by atoms with E-state index in [9.17, 15) is 0 Å². The zero-order chi connectivity index (χ0) is 16.1. The molecule has 1 aromatic carbocycles. The van der Waals surface area contributed by atoms with Crippen LogP contribution in [0.25, 0.3) is 22.4 Å². The molecule has 24 heavy (non-hydrogen) atoms. The highest BCUT2D eigenvalue weighted by Gasteiger charge is 2.44. The second-order valence-electron chi connectivity index (χ2n) is 6.96. The lowest BCUT2D eigenvalue weighted by molar-refractivity contribution is 0.383. The first kappa shape index (κ1) is 14.2. The summed E-state index contributed by atoms with van der Waals surface area (Å²) in [5.41, 5.74) is 3.78. The maximum atomic E-state index is 6.29. The number of benzene rings is 1. The Labute approximate surface area is 145 Å². The van der Waals surface area contributed by atoms with Crippen LogP contribution in [0.4, 0.5) is 5.82 Å². The van der Waals surface area contributed by atoms with Crippen LogP contribution >= 0.6 is 11.6 Å². The highest BCUT2D eigenvalue weighted by atomic mass is 35.5. The number of nitrogens with one attached hydrogen (secondary N) is 1. The van der Waals surface area contributed by atoms with E-state index in [4.69, 9.17) is 16.6 Å². The first-order valence-corrected chi connectivity index (χ1v) is 8.83. The van der Waals surface area contributed by atoms with Crippen LogP contribution in [0.3, 0.4) is 0 Å². The summed E-state index contributed by atoms with van der Waals surface area (Å²) in [6, 6.07) is 7.67. The molecule has 2 aromatic heterocycles. The predicted molar refractivity (Wildman–Crippen MR) is 95.2 cm³/mol. The Morgan fingerprint density at radius 1 is 1.08 bits per heavy atom. The molecule has 0 bridgehead atoms. The van der Waals surface area contributed by atoms with Crippen molar-refractivity contribution in [3.8, 4) is 11.3 Å². The summed E-state index contributed by atoms with van der Waals surface area (Å²) in [5.74, 6) is 0.937. The fourth-order valence-corrected chi connectivity index (χ4v) is 3.90. The minimum atomic E-state index is 0.666. The van der Waals surface area contributed by atoms with Gasteiger partial charge < -0.3 is 4.90 Å². The van der Waals surface area contributed by atoms with Crippen LogP contribution in [-0.2, 0) is 0 Å². The molecular weight excluding hydrogens is 322 g/mol. The highest BCUT2D eigenvalue weighted by Crippen LogP contribution is 2.53. The van der Waals surface area contributed by atoms with Crippen molar-refractivity contribution in [3.05, 3.63) is 35.5 Å². The number of piperidine rings is 1. The molecular formula is C18H18ClN5. The average Bonchev–Trinajstić information content (AvgIpc) is 3.23. The van der Waals surface area contributed by atoms with Crippen LogP contribution in [0.1, 0.15) is 25.7 Å². The fourth-order valence-electron chi connectivity index (χ4n) is 3.67. The summed E-state index contributed by atoms with van der Waals surface area (Å²) in [4.78, 5) is 11.7. The van der Waals surface area contributed by atoms with E-state index in [1.54, 1.807) is 0 Å². The molecule has 0 unspecified atom stereocenters. The molecule has 122 valence electrons. The van der Waals surface area contributed by atoms with Gasteiger partial charge in [-0.3, -0.25) is 5.10 Å². The van der Waals surface area contributed by atoms with Crippen molar-refractivity contribution in [2.24, 2.45) is 5.41 Å². The van der Waals surface area contributed by atoms with Gasteiger partial charge in [0.25, 0.3) is 0 Å². The van der Waals surface area contributed by atoms with Gasteiger partial charge >= 0.3 is 0 Å². The van der Waals surface area contributed by atoms with Gasteiger partial charge in [0.05, 0.1) is 11.2 Å². The van der Waals surface area contributed by atoms with Crippen molar-refractivity contribution < 1.29 is 0 Å². The molecule has 1 saturated carbocycles. The number of H-pyrrole nitrogens is 1. The van der Waals surface area contributed by atoms with Crippen LogP contribution < -0.4 is 4.90 Å². The highest BCUT2D eigenvalue weighted by molar-refractivity contribution is 6.33. The van der Waals surface area contributed by atoms with E-state index in [2.05, 4.69) is 20.1 Å². The number of halogens is 1. The van der Waals surface area contributed by atoms with Crippen LogP contribution in [0.15, 0.2) is 30.5 Å². The summed E-state index contributed by atoms with van der Waals surface area (Å²) in [5, 5.41) is 8.07.